The average Bonchev–Trinajstić information content (AvgIpc) is 2.35. The van der Waals surface area contributed by atoms with Crippen molar-refractivity contribution in [3.8, 4) is 0 Å². The lowest BCUT2D eigenvalue weighted by molar-refractivity contribution is -0.145. The van der Waals surface area contributed by atoms with Gasteiger partial charge in [0.1, 0.15) is 6.04 Å². The molecule has 3 nitrogen and oxygen atoms in total. The van der Waals surface area contributed by atoms with Crippen LogP contribution in [0.4, 0.5) is 0 Å². The number of hydrogen-bond acceptors (Lipinski definition) is 3. The maximum atomic E-state index is 11.0. The lowest BCUT2D eigenvalue weighted by atomic mass is 10.2. The Bertz CT molecular complexity index is 146. The van der Waals surface area contributed by atoms with E-state index in [-0.39, 0.29) is 12.0 Å². The molecule has 0 aliphatic carbocycles. The van der Waals surface area contributed by atoms with Gasteiger partial charge in [-0.1, -0.05) is 23.2 Å². The predicted octanol–water partition coefficient (Wildman–Crippen LogP) is 1.04. The first-order valence-corrected chi connectivity index (χ1v) is 4.29. The van der Waals surface area contributed by atoms with Crippen molar-refractivity contribution in [3.05, 3.63) is 0 Å². The summed E-state index contributed by atoms with van der Waals surface area (Å²) in [5, 5.41) is 1.92. The minimum absolute atomic E-state index is 0.213. The molecule has 1 saturated heterocycles. The quantitative estimate of drug-likeness (QED) is 0.532. The van der Waals surface area contributed by atoms with Gasteiger partial charge < -0.3 is 10.1 Å². The van der Waals surface area contributed by atoms with E-state index in [0.717, 1.165) is 19.4 Å². The van der Waals surface area contributed by atoms with Crippen LogP contribution in [0.25, 0.3) is 0 Å². The molecule has 11 heavy (non-hydrogen) atoms. The molecule has 1 rings (SSSR count). The molecule has 1 aliphatic rings. The Balaban J connectivity index is 2.28. The highest BCUT2D eigenvalue weighted by atomic mass is 35.5. The Kier molecular flexibility index (Phi) is 3.43. The number of hydrogen-bond donors (Lipinski definition) is 1. The van der Waals surface area contributed by atoms with E-state index in [9.17, 15) is 4.79 Å². The van der Waals surface area contributed by atoms with E-state index in [1.165, 1.54) is 0 Å². The molecule has 0 radical (unpaired) electrons. The van der Waals surface area contributed by atoms with Crippen molar-refractivity contribution >= 4 is 29.2 Å². The number of ether oxygens (including phenoxy) is 1. The van der Waals surface area contributed by atoms with Crippen LogP contribution in [-0.2, 0) is 9.53 Å². The average molecular weight is 198 g/mol. The van der Waals surface area contributed by atoms with Crippen molar-refractivity contribution in [2.24, 2.45) is 0 Å². The summed E-state index contributed by atoms with van der Waals surface area (Å²) in [6.07, 6.45) is 1.80. The zero-order valence-corrected chi connectivity index (χ0v) is 7.36. The smallest absolute Gasteiger partial charge is 0.325 e. The van der Waals surface area contributed by atoms with Crippen molar-refractivity contribution in [1.82, 2.24) is 5.32 Å². The molecule has 1 atom stereocenters. The molecule has 64 valence electrons. The lowest BCUT2D eigenvalue weighted by Gasteiger charge is -2.09. The number of carbonyl (C=O) groups excluding carboxylic acids is 1. The van der Waals surface area contributed by atoms with E-state index in [2.05, 4.69) is 10.1 Å². The highest BCUT2D eigenvalue weighted by Crippen LogP contribution is 2.10. The van der Waals surface area contributed by atoms with Gasteiger partial charge in [0.25, 0.3) is 5.02 Å². The molecular weight excluding hydrogens is 189 g/mol. The van der Waals surface area contributed by atoms with Crippen LogP contribution in [0.1, 0.15) is 12.8 Å². The second-order valence-electron chi connectivity index (χ2n) is 2.35. The SMILES string of the molecule is O=C(OC(Cl)Cl)C1CCCN1. The summed E-state index contributed by atoms with van der Waals surface area (Å²) in [6.45, 7) is 0.856. The Morgan fingerprint density at radius 2 is 2.36 bits per heavy atom. The molecule has 0 aromatic rings. The first kappa shape index (κ1) is 9.10. The van der Waals surface area contributed by atoms with E-state index >= 15 is 0 Å². The van der Waals surface area contributed by atoms with Crippen LogP contribution in [0, 0.1) is 0 Å². The van der Waals surface area contributed by atoms with Crippen LogP contribution in [-0.4, -0.2) is 23.6 Å². The Hall–Kier alpha value is 0.01000. The monoisotopic (exact) mass is 197 g/mol. The summed E-state index contributed by atoms with van der Waals surface area (Å²) in [6, 6.07) is -0.213. The number of carbonyl (C=O) groups is 1. The maximum Gasteiger partial charge on any atom is 0.325 e. The standard InChI is InChI=1S/C6H9Cl2NO2/c7-6(8)11-5(10)4-2-1-3-9-4/h4,6,9H,1-3H2. The molecule has 0 bridgehead atoms. The van der Waals surface area contributed by atoms with Crippen LogP contribution in [0.3, 0.4) is 0 Å². The normalized spacial score (nSPS) is 24.1. The van der Waals surface area contributed by atoms with E-state index in [1.54, 1.807) is 0 Å². The molecule has 1 heterocycles. The van der Waals surface area contributed by atoms with E-state index in [0.29, 0.717) is 0 Å². The summed E-state index contributed by atoms with van der Waals surface area (Å²) in [5.41, 5.74) is 0. The van der Waals surface area contributed by atoms with Gasteiger partial charge in [-0.3, -0.25) is 4.79 Å². The van der Waals surface area contributed by atoms with Gasteiger partial charge in [-0.2, -0.15) is 0 Å². The number of esters is 1. The van der Waals surface area contributed by atoms with Crippen molar-refractivity contribution in [2.45, 2.75) is 23.9 Å². The fraction of sp³-hybridized carbons (Fsp3) is 0.833. The van der Waals surface area contributed by atoms with Gasteiger partial charge in [0.05, 0.1) is 0 Å². The summed E-state index contributed by atoms with van der Waals surface area (Å²) >= 11 is 10.5. The molecule has 1 aliphatic heterocycles. The van der Waals surface area contributed by atoms with Gasteiger partial charge in [-0.05, 0) is 19.4 Å². The number of nitrogens with one attached hydrogen (secondary N) is 1. The van der Waals surface area contributed by atoms with E-state index in [1.807, 2.05) is 0 Å². The van der Waals surface area contributed by atoms with Gasteiger partial charge in [-0.15, -0.1) is 0 Å². The number of alkyl halides is 2. The highest BCUT2D eigenvalue weighted by molar-refractivity contribution is 6.43. The molecule has 1 fully saturated rings. The fourth-order valence-corrected chi connectivity index (χ4v) is 1.23. The predicted molar refractivity (Wildman–Crippen MR) is 42.6 cm³/mol. The first-order chi connectivity index (χ1) is 5.20. The maximum absolute atomic E-state index is 11.0. The third-order valence-electron chi connectivity index (χ3n) is 1.55. The Morgan fingerprint density at radius 3 is 2.82 bits per heavy atom. The van der Waals surface area contributed by atoms with Gasteiger partial charge >= 0.3 is 5.97 Å². The summed E-state index contributed by atoms with van der Waals surface area (Å²) in [5.74, 6) is -0.363. The van der Waals surface area contributed by atoms with Gasteiger partial charge in [0, 0.05) is 0 Å². The van der Waals surface area contributed by atoms with E-state index in [4.69, 9.17) is 23.2 Å². The van der Waals surface area contributed by atoms with Crippen molar-refractivity contribution in [3.63, 3.8) is 0 Å². The zero-order valence-electron chi connectivity index (χ0n) is 5.85. The van der Waals surface area contributed by atoms with Gasteiger partial charge in [-0.25, -0.2) is 0 Å². The second-order valence-corrected chi connectivity index (χ2v) is 3.36. The van der Waals surface area contributed by atoms with Crippen molar-refractivity contribution in [1.29, 1.82) is 0 Å². The van der Waals surface area contributed by atoms with Crippen LogP contribution in [0.5, 0.6) is 0 Å². The highest BCUT2D eigenvalue weighted by Gasteiger charge is 2.24. The molecule has 0 spiro atoms. The third kappa shape index (κ3) is 2.85. The molecule has 0 amide bonds. The Morgan fingerprint density at radius 1 is 1.64 bits per heavy atom. The van der Waals surface area contributed by atoms with Gasteiger partial charge in [0.2, 0.25) is 0 Å². The zero-order chi connectivity index (χ0) is 8.27. The summed E-state index contributed by atoms with van der Waals surface area (Å²) in [4.78, 5) is 11.0. The minimum Gasteiger partial charge on any atom is -0.430 e. The summed E-state index contributed by atoms with van der Waals surface area (Å²) < 4.78 is 4.56. The summed E-state index contributed by atoms with van der Waals surface area (Å²) in [7, 11) is 0. The molecule has 0 aromatic carbocycles. The molecular formula is C6H9Cl2NO2. The molecule has 1 N–H and O–H groups in total. The van der Waals surface area contributed by atoms with Crippen molar-refractivity contribution in [2.75, 3.05) is 6.54 Å². The minimum atomic E-state index is -1.05. The fourth-order valence-electron chi connectivity index (χ4n) is 1.06. The third-order valence-corrected chi connectivity index (χ3v) is 1.73. The largest absolute Gasteiger partial charge is 0.430 e. The van der Waals surface area contributed by atoms with Crippen LogP contribution < -0.4 is 5.32 Å². The van der Waals surface area contributed by atoms with E-state index < -0.39 is 5.02 Å². The Labute approximate surface area is 75.0 Å². The molecule has 0 aromatic heterocycles. The van der Waals surface area contributed by atoms with Crippen LogP contribution in [0.2, 0.25) is 0 Å². The second kappa shape index (κ2) is 4.14. The molecule has 1 unspecified atom stereocenters. The lowest BCUT2D eigenvalue weighted by Crippen LogP contribution is -2.33. The van der Waals surface area contributed by atoms with Crippen LogP contribution in [0.15, 0.2) is 0 Å². The van der Waals surface area contributed by atoms with Crippen molar-refractivity contribution < 1.29 is 9.53 Å². The number of rotatable bonds is 2. The topological polar surface area (TPSA) is 38.3 Å². The first-order valence-electron chi connectivity index (χ1n) is 3.42. The number of halogens is 2. The molecule has 0 saturated carbocycles. The van der Waals surface area contributed by atoms with Gasteiger partial charge in [0.15, 0.2) is 0 Å². The van der Waals surface area contributed by atoms with Crippen LogP contribution >= 0.6 is 23.2 Å². The molecule has 5 heteroatoms.